The van der Waals surface area contributed by atoms with E-state index in [0.717, 1.165) is 29.3 Å². The van der Waals surface area contributed by atoms with E-state index in [1.165, 1.54) is 0 Å². The SMILES string of the molecule is CCCCOC(=O)Cc1c[nH]c2cccc(Cl)c12. The van der Waals surface area contributed by atoms with Crippen molar-refractivity contribution in [3.05, 3.63) is 35.0 Å². The summed E-state index contributed by atoms with van der Waals surface area (Å²) in [4.78, 5) is 14.8. The Kier molecular flexibility index (Phi) is 4.26. The Hall–Kier alpha value is -1.48. The smallest absolute Gasteiger partial charge is 0.310 e. The van der Waals surface area contributed by atoms with Crippen molar-refractivity contribution in [1.82, 2.24) is 4.98 Å². The van der Waals surface area contributed by atoms with Crippen molar-refractivity contribution in [1.29, 1.82) is 0 Å². The molecule has 0 saturated carbocycles. The van der Waals surface area contributed by atoms with Gasteiger partial charge in [-0.2, -0.15) is 0 Å². The highest BCUT2D eigenvalue weighted by Gasteiger charge is 2.11. The minimum absolute atomic E-state index is 0.204. The van der Waals surface area contributed by atoms with Gasteiger partial charge in [-0.1, -0.05) is 31.0 Å². The molecule has 0 bridgehead atoms. The lowest BCUT2D eigenvalue weighted by molar-refractivity contribution is -0.142. The van der Waals surface area contributed by atoms with Crippen molar-refractivity contribution in [2.45, 2.75) is 26.2 Å². The van der Waals surface area contributed by atoms with Gasteiger partial charge in [0.15, 0.2) is 0 Å². The van der Waals surface area contributed by atoms with Crippen LogP contribution in [0, 0.1) is 0 Å². The maximum Gasteiger partial charge on any atom is 0.310 e. The van der Waals surface area contributed by atoms with Gasteiger partial charge in [0.2, 0.25) is 0 Å². The molecular weight excluding hydrogens is 250 g/mol. The fraction of sp³-hybridized carbons (Fsp3) is 0.357. The third-order valence-electron chi connectivity index (χ3n) is 2.83. The molecule has 0 unspecified atom stereocenters. The molecule has 18 heavy (non-hydrogen) atoms. The van der Waals surface area contributed by atoms with Gasteiger partial charge in [-0.15, -0.1) is 0 Å². The molecular formula is C14H16ClNO2. The van der Waals surface area contributed by atoms with Crippen molar-refractivity contribution in [3.8, 4) is 0 Å². The quantitative estimate of drug-likeness (QED) is 0.661. The molecule has 0 amide bonds. The fourth-order valence-electron chi connectivity index (χ4n) is 1.88. The van der Waals surface area contributed by atoms with Crippen LogP contribution in [0.2, 0.25) is 5.02 Å². The van der Waals surface area contributed by atoms with E-state index in [4.69, 9.17) is 16.3 Å². The van der Waals surface area contributed by atoms with Crippen LogP contribution < -0.4 is 0 Å². The molecule has 0 atom stereocenters. The number of nitrogens with one attached hydrogen (secondary N) is 1. The van der Waals surface area contributed by atoms with Crippen LogP contribution >= 0.6 is 11.6 Å². The van der Waals surface area contributed by atoms with E-state index in [9.17, 15) is 4.79 Å². The molecule has 1 aromatic carbocycles. The van der Waals surface area contributed by atoms with Gasteiger partial charge in [-0.05, 0) is 24.1 Å². The summed E-state index contributed by atoms with van der Waals surface area (Å²) in [5.74, 6) is -0.204. The highest BCUT2D eigenvalue weighted by atomic mass is 35.5. The lowest BCUT2D eigenvalue weighted by Gasteiger charge is -2.03. The Bertz CT molecular complexity index is 548. The number of esters is 1. The van der Waals surface area contributed by atoms with Gasteiger partial charge in [0.25, 0.3) is 0 Å². The Morgan fingerprint density at radius 1 is 1.44 bits per heavy atom. The molecule has 0 radical (unpaired) electrons. The average Bonchev–Trinajstić information content (AvgIpc) is 2.74. The van der Waals surface area contributed by atoms with Crippen molar-refractivity contribution in [2.75, 3.05) is 6.61 Å². The molecule has 1 aromatic heterocycles. The maximum atomic E-state index is 11.7. The van der Waals surface area contributed by atoms with Crippen molar-refractivity contribution < 1.29 is 9.53 Å². The van der Waals surface area contributed by atoms with Gasteiger partial charge < -0.3 is 9.72 Å². The molecule has 2 rings (SSSR count). The van der Waals surface area contributed by atoms with Crippen molar-refractivity contribution >= 4 is 28.5 Å². The van der Waals surface area contributed by atoms with Crippen LogP contribution in [0.15, 0.2) is 24.4 Å². The zero-order valence-corrected chi connectivity index (χ0v) is 11.1. The summed E-state index contributed by atoms with van der Waals surface area (Å²) >= 11 is 6.14. The van der Waals surface area contributed by atoms with Gasteiger partial charge in [0.1, 0.15) is 0 Å². The number of benzene rings is 1. The zero-order valence-electron chi connectivity index (χ0n) is 10.3. The highest BCUT2D eigenvalue weighted by molar-refractivity contribution is 6.35. The predicted octanol–water partition coefficient (Wildman–Crippen LogP) is 3.71. The first-order valence-electron chi connectivity index (χ1n) is 6.12. The Morgan fingerprint density at radius 2 is 2.28 bits per heavy atom. The number of carbonyl (C=O) groups excluding carboxylic acids is 1. The summed E-state index contributed by atoms with van der Waals surface area (Å²) < 4.78 is 5.15. The van der Waals surface area contributed by atoms with Crippen LogP contribution in [0.25, 0.3) is 10.9 Å². The zero-order chi connectivity index (χ0) is 13.0. The lowest BCUT2D eigenvalue weighted by atomic mass is 10.1. The number of hydrogen-bond donors (Lipinski definition) is 1. The number of fused-ring (bicyclic) bond motifs is 1. The van der Waals surface area contributed by atoms with Gasteiger partial charge in [-0.25, -0.2) is 0 Å². The summed E-state index contributed by atoms with van der Waals surface area (Å²) in [5, 5.41) is 1.57. The van der Waals surface area contributed by atoms with E-state index in [-0.39, 0.29) is 12.4 Å². The van der Waals surface area contributed by atoms with Gasteiger partial charge in [0.05, 0.1) is 18.1 Å². The van der Waals surface area contributed by atoms with E-state index >= 15 is 0 Å². The minimum Gasteiger partial charge on any atom is -0.465 e. The molecule has 3 nitrogen and oxygen atoms in total. The van der Waals surface area contributed by atoms with Crippen LogP contribution in [0.1, 0.15) is 25.3 Å². The normalized spacial score (nSPS) is 10.8. The lowest BCUT2D eigenvalue weighted by Crippen LogP contribution is -2.08. The Morgan fingerprint density at radius 3 is 3.06 bits per heavy atom. The Balaban J connectivity index is 2.10. The maximum absolute atomic E-state index is 11.7. The molecule has 2 aromatic rings. The van der Waals surface area contributed by atoms with Gasteiger partial charge in [-0.3, -0.25) is 4.79 Å². The van der Waals surface area contributed by atoms with E-state index in [2.05, 4.69) is 11.9 Å². The molecule has 0 spiro atoms. The molecule has 0 aliphatic rings. The molecule has 4 heteroatoms. The number of aromatic amines is 1. The number of unbranched alkanes of at least 4 members (excludes halogenated alkanes) is 1. The van der Waals surface area contributed by atoms with Crippen LogP contribution in [-0.4, -0.2) is 17.6 Å². The number of ether oxygens (including phenoxy) is 1. The number of halogens is 1. The summed E-state index contributed by atoms with van der Waals surface area (Å²) in [5.41, 5.74) is 1.83. The summed E-state index contributed by atoms with van der Waals surface area (Å²) in [6, 6.07) is 5.64. The van der Waals surface area contributed by atoms with E-state index < -0.39 is 0 Å². The third-order valence-corrected chi connectivity index (χ3v) is 3.15. The Labute approximate surface area is 111 Å². The van der Waals surface area contributed by atoms with Gasteiger partial charge in [0, 0.05) is 17.1 Å². The number of hydrogen-bond acceptors (Lipinski definition) is 2. The number of rotatable bonds is 5. The van der Waals surface area contributed by atoms with E-state index in [1.54, 1.807) is 0 Å². The topological polar surface area (TPSA) is 42.1 Å². The first-order chi connectivity index (χ1) is 8.72. The largest absolute Gasteiger partial charge is 0.465 e. The molecule has 1 N–H and O–H groups in total. The molecule has 0 saturated heterocycles. The standard InChI is InChI=1S/C14H16ClNO2/c1-2-3-7-18-13(17)8-10-9-16-12-6-4-5-11(15)14(10)12/h4-6,9,16H,2-3,7-8H2,1H3. The van der Waals surface area contributed by atoms with E-state index in [0.29, 0.717) is 11.6 Å². The summed E-state index contributed by atoms with van der Waals surface area (Å²) in [6.07, 6.45) is 4.00. The monoisotopic (exact) mass is 265 g/mol. The third kappa shape index (κ3) is 2.85. The molecule has 96 valence electrons. The van der Waals surface area contributed by atoms with Gasteiger partial charge >= 0.3 is 5.97 Å². The van der Waals surface area contributed by atoms with Crippen LogP contribution in [0.4, 0.5) is 0 Å². The predicted molar refractivity (Wildman–Crippen MR) is 72.9 cm³/mol. The second-order valence-electron chi connectivity index (χ2n) is 4.23. The second kappa shape index (κ2) is 5.91. The summed E-state index contributed by atoms with van der Waals surface area (Å²) in [6.45, 7) is 2.55. The van der Waals surface area contributed by atoms with Crippen molar-refractivity contribution in [2.24, 2.45) is 0 Å². The molecule has 0 fully saturated rings. The number of H-pyrrole nitrogens is 1. The average molecular weight is 266 g/mol. The fourth-order valence-corrected chi connectivity index (χ4v) is 2.18. The molecule has 0 aliphatic heterocycles. The highest BCUT2D eigenvalue weighted by Crippen LogP contribution is 2.26. The number of carbonyl (C=O) groups is 1. The first kappa shape index (κ1) is 13.0. The first-order valence-corrected chi connectivity index (χ1v) is 6.50. The van der Waals surface area contributed by atoms with Crippen LogP contribution in [0.5, 0.6) is 0 Å². The van der Waals surface area contributed by atoms with E-state index in [1.807, 2.05) is 24.4 Å². The molecule has 0 aliphatic carbocycles. The summed E-state index contributed by atoms with van der Waals surface area (Å²) in [7, 11) is 0. The minimum atomic E-state index is -0.204. The van der Waals surface area contributed by atoms with Crippen molar-refractivity contribution in [3.63, 3.8) is 0 Å². The number of aromatic nitrogens is 1. The van der Waals surface area contributed by atoms with Crippen LogP contribution in [0.3, 0.4) is 0 Å². The second-order valence-corrected chi connectivity index (χ2v) is 4.63. The molecule has 1 heterocycles. The van der Waals surface area contributed by atoms with Crippen LogP contribution in [-0.2, 0) is 16.0 Å².